The highest BCUT2D eigenvalue weighted by atomic mass is 32.2. The monoisotopic (exact) mass is 351 g/mol. The molecule has 0 aromatic carbocycles. The second-order valence-corrected chi connectivity index (χ2v) is 8.59. The smallest absolute Gasteiger partial charge is 0.180 e. The van der Waals surface area contributed by atoms with E-state index in [1.54, 1.807) is 23.7 Å². The van der Waals surface area contributed by atoms with Gasteiger partial charge < -0.3 is 0 Å². The molecule has 0 spiro atoms. The summed E-state index contributed by atoms with van der Waals surface area (Å²) in [5, 5.41) is 7.20. The molecule has 0 fully saturated rings. The zero-order chi connectivity index (χ0) is 16.6. The molecular weight excluding hydrogens is 334 g/mol. The van der Waals surface area contributed by atoms with Gasteiger partial charge in [0.1, 0.15) is 4.90 Å². The average molecular weight is 351 g/mol. The molecule has 3 aromatic heterocycles. The Bertz CT molecular complexity index is 945. The van der Waals surface area contributed by atoms with E-state index in [1.165, 1.54) is 10.7 Å². The summed E-state index contributed by atoms with van der Waals surface area (Å²) in [7, 11) is -1.32. The Morgan fingerprint density at radius 3 is 2.74 bits per heavy atom. The van der Waals surface area contributed by atoms with Gasteiger partial charge in [-0.05, 0) is 14.0 Å². The maximum atomic E-state index is 11.7. The molecular formula is C14H17N5O2S2. The molecule has 0 saturated heterocycles. The normalized spacial score (nSPS) is 12.3. The maximum absolute atomic E-state index is 11.7. The van der Waals surface area contributed by atoms with Crippen LogP contribution < -0.4 is 0 Å². The van der Waals surface area contributed by atoms with Crippen molar-refractivity contribution in [3.8, 4) is 0 Å². The molecule has 0 amide bonds. The number of fused-ring (bicyclic) bond motifs is 1. The molecule has 0 aliphatic carbocycles. The predicted octanol–water partition coefficient (Wildman–Crippen LogP) is 1.53. The SMILES string of the molecule is Cc1nc(CN(C)Cc2cnc3c(S(C)(=O)=O)cnn3c2)cs1. The molecule has 0 aliphatic heterocycles. The summed E-state index contributed by atoms with van der Waals surface area (Å²) in [6.45, 7) is 3.41. The van der Waals surface area contributed by atoms with Gasteiger partial charge in [-0.25, -0.2) is 22.9 Å². The molecule has 0 unspecified atom stereocenters. The van der Waals surface area contributed by atoms with Crippen molar-refractivity contribution in [2.24, 2.45) is 0 Å². The molecule has 0 saturated carbocycles. The van der Waals surface area contributed by atoms with Gasteiger partial charge in [0, 0.05) is 42.7 Å². The molecule has 3 rings (SSSR count). The lowest BCUT2D eigenvalue weighted by Gasteiger charge is -2.15. The first kappa shape index (κ1) is 16.0. The standard InChI is InChI=1S/C14H17N5O2S2/c1-10-17-12(9-22-10)8-18(2)6-11-4-15-14-13(23(3,20)21)5-16-19(14)7-11/h4-5,7,9H,6,8H2,1-3H3. The van der Waals surface area contributed by atoms with Gasteiger partial charge in [0.25, 0.3) is 0 Å². The zero-order valence-electron chi connectivity index (χ0n) is 13.1. The Morgan fingerprint density at radius 2 is 2.09 bits per heavy atom. The molecule has 3 heterocycles. The lowest BCUT2D eigenvalue weighted by atomic mass is 10.3. The number of aromatic nitrogens is 4. The van der Waals surface area contributed by atoms with Crippen LogP contribution in [0.5, 0.6) is 0 Å². The number of thiazole rings is 1. The van der Waals surface area contributed by atoms with Crippen LogP contribution in [0.2, 0.25) is 0 Å². The number of rotatable bonds is 5. The van der Waals surface area contributed by atoms with Crippen LogP contribution in [0.25, 0.3) is 5.65 Å². The zero-order valence-corrected chi connectivity index (χ0v) is 14.7. The Hall–Kier alpha value is -1.84. The van der Waals surface area contributed by atoms with Gasteiger partial charge in [-0.3, -0.25) is 4.90 Å². The highest BCUT2D eigenvalue weighted by molar-refractivity contribution is 7.90. The Labute approximate surface area is 138 Å². The molecule has 0 radical (unpaired) electrons. The van der Waals surface area contributed by atoms with E-state index in [0.717, 1.165) is 29.1 Å². The van der Waals surface area contributed by atoms with Crippen LogP contribution in [0.15, 0.2) is 28.9 Å². The van der Waals surface area contributed by atoms with Gasteiger partial charge in [-0.1, -0.05) is 0 Å². The summed E-state index contributed by atoms with van der Waals surface area (Å²) in [5.74, 6) is 0. The lowest BCUT2D eigenvalue weighted by Crippen LogP contribution is -2.18. The van der Waals surface area contributed by atoms with Crippen LogP contribution in [0.4, 0.5) is 0 Å². The van der Waals surface area contributed by atoms with Crippen molar-refractivity contribution < 1.29 is 8.42 Å². The summed E-state index contributed by atoms with van der Waals surface area (Å²) in [6.07, 6.45) is 5.99. The minimum atomic E-state index is -3.32. The third-order valence-corrected chi connectivity index (χ3v) is 5.24. The fraction of sp³-hybridized carbons (Fsp3) is 0.357. The number of hydrogen-bond donors (Lipinski definition) is 0. The van der Waals surface area contributed by atoms with Crippen LogP contribution in [0.3, 0.4) is 0 Å². The maximum Gasteiger partial charge on any atom is 0.180 e. The molecule has 0 N–H and O–H groups in total. The van der Waals surface area contributed by atoms with Crippen molar-refractivity contribution in [1.29, 1.82) is 0 Å². The summed E-state index contributed by atoms with van der Waals surface area (Å²) in [5.41, 5.74) is 2.35. The third kappa shape index (κ3) is 3.57. The summed E-state index contributed by atoms with van der Waals surface area (Å²) >= 11 is 1.64. The van der Waals surface area contributed by atoms with Gasteiger partial charge in [0.05, 0.1) is 16.9 Å². The number of hydrogen-bond acceptors (Lipinski definition) is 7. The van der Waals surface area contributed by atoms with Crippen molar-refractivity contribution in [1.82, 2.24) is 24.5 Å². The van der Waals surface area contributed by atoms with E-state index in [2.05, 4.69) is 25.3 Å². The summed E-state index contributed by atoms with van der Waals surface area (Å²) in [6, 6.07) is 0. The number of sulfone groups is 1. The Balaban J connectivity index is 1.78. The van der Waals surface area contributed by atoms with Crippen molar-refractivity contribution in [2.75, 3.05) is 13.3 Å². The van der Waals surface area contributed by atoms with Crippen LogP contribution in [-0.2, 0) is 22.9 Å². The van der Waals surface area contributed by atoms with Gasteiger partial charge in [-0.15, -0.1) is 11.3 Å². The van der Waals surface area contributed by atoms with Crippen LogP contribution in [-0.4, -0.2) is 46.2 Å². The Kier molecular flexibility index (Phi) is 4.17. The van der Waals surface area contributed by atoms with E-state index < -0.39 is 9.84 Å². The average Bonchev–Trinajstić information content (AvgIpc) is 3.03. The second kappa shape index (κ2) is 5.99. The fourth-order valence-electron chi connectivity index (χ4n) is 2.36. The van der Waals surface area contributed by atoms with E-state index in [4.69, 9.17) is 0 Å². The van der Waals surface area contributed by atoms with Crippen molar-refractivity contribution in [2.45, 2.75) is 24.9 Å². The topological polar surface area (TPSA) is 80.5 Å². The van der Waals surface area contributed by atoms with Crippen molar-refractivity contribution in [3.05, 3.63) is 40.2 Å². The van der Waals surface area contributed by atoms with E-state index >= 15 is 0 Å². The first-order chi connectivity index (χ1) is 10.8. The van der Waals surface area contributed by atoms with Gasteiger partial charge in [0.15, 0.2) is 15.5 Å². The quantitative estimate of drug-likeness (QED) is 0.693. The molecule has 0 aliphatic rings. The van der Waals surface area contributed by atoms with Crippen LogP contribution >= 0.6 is 11.3 Å². The first-order valence-corrected chi connectivity index (χ1v) is 9.72. The first-order valence-electron chi connectivity index (χ1n) is 6.95. The summed E-state index contributed by atoms with van der Waals surface area (Å²) in [4.78, 5) is 11.0. The number of nitrogens with zero attached hydrogens (tertiary/aromatic N) is 5. The molecule has 0 atom stereocenters. The van der Waals surface area contributed by atoms with E-state index in [0.29, 0.717) is 12.2 Å². The van der Waals surface area contributed by atoms with Crippen molar-refractivity contribution in [3.63, 3.8) is 0 Å². The minimum absolute atomic E-state index is 0.148. The Morgan fingerprint density at radius 1 is 1.30 bits per heavy atom. The molecule has 9 heteroatoms. The van der Waals surface area contributed by atoms with Crippen LogP contribution in [0.1, 0.15) is 16.3 Å². The van der Waals surface area contributed by atoms with E-state index in [1.807, 2.05) is 14.0 Å². The third-order valence-electron chi connectivity index (χ3n) is 3.33. The lowest BCUT2D eigenvalue weighted by molar-refractivity contribution is 0.314. The molecule has 3 aromatic rings. The van der Waals surface area contributed by atoms with Gasteiger partial charge in [-0.2, -0.15) is 5.10 Å². The molecule has 23 heavy (non-hydrogen) atoms. The highest BCUT2D eigenvalue weighted by Crippen LogP contribution is 2.16. The largest absolute Gasteiger partial charge is 0.296 e. The van der Waals surface area contributed by atoms with Gasteiger partial charge in [0.2, 0.25) is 0 Å². The minimum Gasteiger partial charge on any atom is -0.296 e. The predicted molar refractivity (Wildman–Crippen MR) is 88.1 cm³/mol. The fourth-order valence-corrected chi connectivity index (χ4v) is 3.68. The van der Waals surface area contributed by atoms with E-state index in [9.17, 15) is 8.42 Å². The number of aryl methyl sites for hydroxylation is 1. The highest BCUT2D eigenvalue weighted by Gasteiger charge is 2.16. The van der Waals surface area contributed by atoms with Gasteiger partial charge >= 0.3 is 0 Å². The second-order valence-electron chi connectivity index (χ2n) is 5.54. The van der Waals surface area contributed by atoms with Crippen molar-refractivity contribution >= 4 is 26.8 Å². The van der Waals surface area contributed by atoms with E-state index in [-0.39, 0.29) is 4.90 Å². The summed E-state index contributed by atoms with van der Waals surface area (Å²) < 4.78 is 24.8. The van der Waals surface area contributed by atoms with Crippen LogP contribution in [0, 0.1) is 6.92 Å². The molecule has 122 valence electrons. The molecule has 7 nitrogen and oxygen atoms in total. The molecule has 0 bridgehead atoms.